The van der Waals surface area contributed by atoms with Gasteiger partial charge < -0.3 is 19.7 Å². The van der Waals surface area contributed by atoms with Crippen LogP contribution in [-0.2, 0) is 17.9 Å². The van der Waals surface area contributed by atoms with E-state index in [4.69, 9.17) is 0 Å². The smallest absolute Gasteiger partial charge is 0.323 e. The van der Waals surface area contributed by atoms with Crippen LogP contribution in [0, 0.1) is 0 Å². The quantitative estimate of drug-likeness (QED) is 0.797. The van der Waals surface area contributed by atoms with Gasteiger partial charge in [0.15, 0.2) is 0 Å². The largest absolute Gasteiger partial charge is 0.480 e. The average molecular weight is 362 g/mol. The summed E-state index contributed by atoms with van der Waals surface area (Å²) < 4.78 is 2.49. The highest BCUT2D eigenvalue weighted by Gasteiger charge is 2.37. The van der Waals surface area contributed by atoms with E-state index in [1.165, 1.54) is 9.47 Å². The summed E-state index contributed by atoms with van der Waals surface area (Å²) in [5.41, 5.74) is -0.390. The van der Waals surface area contributed by atoms with E-state index in [0.717, 1.165) is 4.52 Å². The van der Waals surface area contributed by atoms with Crippen molar-refractivity contribution < 1.29 is 19.8 Å². The van der Waals surface area contributed by atoms with Crippen molar-refractivity contribution >= 4 is 17.5 Å². The molecule has 2 aromatic heterocycles. The number of carbonyl (C=O) groups excluding carboxylic acids is 1. The zero-order chi connectivity index (χ0) is 19.4. The molecule has 9 nitrogen and oxygen atoms in total. The molecule has 0 spiro atoms. The highest BCUT2D eigenvalue weighted by Crippen LogP contribution is 2.25. The van der Waals surface area contributed by atoms with Crippen LogP contribution in [0.3, 0.4) is 0 Å². The summed E-state index contributed by atoms with van der Waals surface area (Å²) in [4.78, 5) is 38.4. The molecule has 0 atom stereocenters. The minimum Gasteiger partial charge on any atom is -0.480 e. The summed E-state index contributed by atoms with van der Waals surface area (Å²) >= 11 is 0. The number of carboxylic acid groups (broad SMARTS) is 1. The van der Waals surface area contributed by atoms with Gasteiger partial charge in [0.1, 0.15) is 17.9 Å². The molecule has 0 bridgehead atoms. The van der Waals surface area contributed by atoms with Crippen LogP contribution in [0.25, 0.3) is 5.65 Å². The lowest BCUT2D eigenvalue weighted by atomic mass is 10.1. The van der Waals surface area contributed by atoms with Crippen molar-refractivity contribution in [1.29, 1.82) is 0 Å². The molecule has 0 aromatic carbocycles. The second-order valence-electron chi connectivity index (χ2n) is 7.58. The van der Waals surface area contributed by atoms with Crippen LogP contribution in [0.4, 0.5) is 0 Å². The van der Waals surface area contributed by atoms with Gasteiger partial charge in [0.25, 0.3) is 11.5 Å². The number of carbonyl (C=O) groups is 2. The lowest BCUT2D eigenvalue weighted by Crippen LogP contribution is -2.39. The summed E-state index contributed by atoms with van der Waals surface area (Å²) in [5.74, 6) is -1.54. The zero-order valence-electron chi connectivity index (χ0n) is 15.2. The Kier molecular flexibility index (Phi) is 4.14. The Morgan fingerprint density at radius 2 is 2.00 bits per heavy atom. The number of rotatable bonds is 5. The molecule has 2 N–H and O–H groups in total. The molecule has 0 unspecified atom stereocenters. The van der Waals surface area contributed by atoms with Crippen molar-refractivity contribution in [1.82, 2.24) is 19.1 Å². The summed E-state index contributed by atoms with van der Waals surface area (Å²) in [6.07, 6.45) is 0. The van der Waals surface area contributed by atoms with E-state index in [1.54, 1.807) is 19.9 Å². The molecule has 3 rings (SSSR count). The van der Waals surface area contributed by atoms with Crippen LogP contribution in [-0.4, -0.2) is 53.3 Å². The molecule has 0 radical (unpaired) electrons. The first kappa shape index (κ1) is 18.1. The van der Waals surface area contributed by atoms with E-state index < -0.39 is 29.6 Å². The van der Waals surface area contributed by atoms with Gasteiger partial charge in [-0.3, -0.25) is 14.4 Å². The van der Waals surface area contributed by atoms with Gasteiger partial charge in [-0.2, -0.15) is 9.61 Å². The molecule has 0 saturated carbocycles. The van der Waals surface area contributed by atoms with Gasteiger partial charge in [0.2, 0.25) is 0 Å². The van der Waals surface area contributed by atoms with Crippen LogP contribution < -0.4 is 5.56 Å². The molecule has 1 amide bonds. The number of hydrogen-bond donors (Lipinski definition) is 2. The fourth-order valence-electron chi connectivity index (χ4n) is 3.21. The summed E-state index contributed by atoms with van der Waals surface area (Å²) in [7, 11) is 0. The van der Waals surface area contributed by atoms with Gasteiger partial charge in [-0.05, 0) is 19.8 Å². The van der Waals surface area contributed by atoms with Gasteiger partial charge in [0, 0.05) is 12.6 Å². The predicted molar refractivity (Wildman–Crippen MR) is 92.2 cm³/mol. The third-order valence-corrected chi connectivity index (χ3v) is 4.29. The average Bonchev–Trinajstić information content (AvgIpc) is 3.06. The third kappa shape index (κ3) is 2.98. The second kappa shape index (κ2) is 5.94. The fraction of sp³-hybridized carbons (Fsp3) is 0.529. The van der Waals surface area contributed by atoms with Gasteiger partial charge in [-0.15, -0.1) is 0 Å². The van der Waals surface area contributed by atoms with Crippen molar-refractivity contribution in [2.45, 2.75) is 52.3 Å². The van der Waals surface area contributed by atoms with Gasteiger partial charge in [-0.1, -0.05) is 13.8 Å². The first-order valence-electron chi connectivity index (χ1n) is 8.38. The molecule has 3 heterocycles. The number of aromatic nitrogens is 3. The Hall–Kier alpha value is -2.68. The molecule has 0 fully saturated rings. The van der Waals surface area contributed by atoms with E-state index >= 15 is 0 Å². The van der Waals surface area contributed by atoms with Crippen LogP contribution in [0.1, 0.15) is 55.4 Å². The lowest BCUT2D eigenvalue weighted by Gasteiger charge is -2.24. The minimum atomic E-state index is -1.14. The topological polar surface area (TPSA) is 117 Å². The molecular weight excluding hydrogens is 340 g/mol. The van der Waals surface area contributed by atoms with Crippen molar-refractivity contribution in [2.24, 2.45) is 0 Å². The molecule has 0 saturated heterocycles. The molecule has 140 valence electrons. The number of nitrogens with zero attached hydrogens (tertiary/aromatic N) is 4. The standard InChI is InChI=1S/C17H22N4O5/c1-9(2)11-5-12-20(7-13(22)23)14-10(15(24)21(12)18-11)6-19(16(14)25)8-17(3,4)26/h5,9,26H,6-8H2,1-4H3,(H,22,23). The first-order valence-corrected chi connectivity index (χ1v) is 8.38. The number of aliphatic hydroxyl groups is 1. The zero-order valence-corrected chi connectivity index (χ0v) is 15.2. The lowest BCUT2D eigenvalue weighted by molar-refractivity contribution is -0.137. The van der Waals surface area contributed by atoms with Gasteiger partial charge in [-0.25, -0.2) is 0 Å². The van der Waals surface area contributed by atoms with E-state index in [2.05, 4.69) is 5.10 Å². The van der Waals surface area contributed by atoms with Crippen LogP contribution in [0.5, 0.6) is 0 Å². The molecule has 26 heavy (non-hydrogen) atoms. The summed E-state index contributed by atoms with van der Waals surface area (Å²) in [5, 5.41) is 23.6. The molecule has 2 aromatic rings. The Bertz CT molecular complexity index is 964. The van der Waals surface area contributed by atoms with Crippen molar-refractivity contribution in [3.8, 4) is 0 Å². The summed E-state index contributed by atoms with van der Waals surface area (Å²) in [6, 6.07) is 1.64. The molecule has 1 aliphatic rings. The van der Waals surface area contributed by atoms with Crippen molar-refractivity contribution in [3.05, 3.63) is 33.4 Å². The highest BCUT2D eigenvalue weighted by atomic mass is 16.4. The Morgan fingerprint density at radius 3 is 2.54 bits per heavy atom. The molecular formula is C17H22N4O5. The number of β-amino-alcohol motifs (C(OH)–C–C–N with tert-alkyl or cyclic N) is 1. The minimum absolute atomic E-state index is 0.0173. The van der Waals surface area contributed by atoms with Crippen LogP contribution in [0.15, 0.2) is 10.9 Å². The third-order valence-electron chi connectivity index (χ3n) is 4.29. The van der Waals surface area contributed by atoms with E-state index in [9.17, 15) is 24.6 Å². The number of amides is 1. The van der Waals surface area contributed by atoms with E-state index in [0.29, 0.717) is 5.69 Å². The molecule has 9 heteroatoms. The number of aliphatic carboxylic acids is 1. The van der Waals surface area contributed by atoms with Crippen molar-refractivity contribution in [3.63, 3.8) is 0 Å². The summed E-state index contributed by atoms with van der Waals surface area (Å²) in [6.45, 7) is 6.55. The molecule has 0 aliphatic carbocycles. The normalized spacial score (nSPS) is 14.5. The first-order chi connectivity index (χ1) is 12.0. The van der Waals surface area contributed by atoms with Gasteiger partial charge >= 0.3 is 5.97 Å². The maximum Gasteiger partial charge on any atom is 0.323 e. The number of carboxylic acids is 1. The predicted octanol–water partition coefficient (Wildman–Crippen LogP) is 0.431. The number of hydrogen-bond acceptors (Lipinski definition) is 5. The molecule has 1 aliphatic heterocycles. The maximum atomic E-state index is 12.8. The Balaban J connectivity index is 2.25. The number of fused-ring (bicyclic) bond motifs is 2. The van der Waals surface area contributed by atoms with E-state index in [1.807, 2.05) is 13.8 Å². The van der Waals surface area contributed by atoms with E-state index in [-0.39, 0.29) is 35.9 Å². The Morgan fingerprint density at radius 1 is 1.35 bits per heavy atom. The monoisotopic (exact) mass is 362 g/mol. The van der Waals surface area contributed by atoms with Crippen molar-refractivity contribution in [2.75, 3.05) is 6.54 Å². The second-order valence-corrected chi connectivity index (χ2v) is 7.58. The van der Waals surface area contributed by atoms with Crippen LogP contribution >= 0.6 is 0 Å². The Labute approximate surface area is 149 Å². The fourth-order valence-corrected chi connectivity index (χ4v) is 3.21. The van der Waals surface area contributed by atoms with Gasteiger partial charge in [0.05, 0.1) is 23.4 Å². The SMILES string of the molecule is CC(C)c1cc2n(CC(=O)O)c3c(c(=O)n2n1)CN(CC(C)(C)O)C3=O. The van der Waals surface area contributed by atoms with Crippen LogP contribution in [0.2, 0.25) is 0 Å². The highest BCUT2D eigenvalue weighted by molar-refractivity contribution is 5.97. The maximum absolute atomic E-state index is 12.8.